The Balaban J connectivity index is 1.61. The van der Waals surface area contributed by atoms with E-state index in [4.69, 9.17) is 16.3 Å². The minimum Gasteiger partial charge on any atom is -0.456 e. The maximum Gasteiger partial charge on any atom is 0.251 e. The number of rotatable bonds is 5. The molecule has 1 aliphatic heterocycles. The number of carbonyl (C=O) groups is 2. The summed E-state index contributed by atoms with van der Waals surface area (Å²) in [5.74, 6) is 0.298. The highest BCUT2D eigenvalue weighted by atomic mass is 35.5. The lowest BCUT2D eigenvalue weighted by Gasteiger charge is -2.21. The van der Waals surface area contributed by atoms with Crippen molar-refractivity contribution in [2.75, 3.05) is 18.4 Å². The van der Waals surface area contributed by atoms with Crippen LogP contribution in [-0.2, 0) is 9.59 Å². The van der Waals surface area contributed by atoms with E-state index in [1.165, 1.54) is 4.90 Å². The molecule has 2 heterocycles. The molecule has 0 radical (unpaired) electrons. The van der Waals surface area contributed by atoms with Gasteiger partial charge in [-0.2, -0.15) is 0 Å². The number of hydrogen-bond donors (Lipinski definition) is 2. The molecule has 1 aliphatic rings. The van der Waals surface area contributed by atoms with Crippen molar-refractivity contribution >= 4 is 29.1 Å². The topological polar surface area (TPSA) is 91.8 Å². The molecule has 0 saturated carbocycles. The van der Waals surface area contributed by atoms with Crippen LogP contribution in [0.5, 0.6) is 11.5 Å². The fourth-order valence-electron chi connectivity index (χ4n) is 2.81. The Bertz CT molecular complexity index is 816. The Labute approximate surface area is 161 Å². The largest absolute Gasteiger partial charge is 0.456 e. The van der Waals surface area contributed by atoms with Gasteiger partial charge in [0, 0.05) is 24.6 Å². The number of likely N-dealkylation sites (tertiary alicyclic amines) is 1. The van der Waals surface area contributed by atoms with Crippen LogP contribution in [-0.4, -0.2) is 46.0 Å². The van der Waals surface area contributed by atoms with E-state index in [-0.39, 0.29) is 12.5 Å². The van der Waals surface area contributed by atoms with Crippen LogP contribution in [0.1, 0.15) is 19.3 Å². The summed E-state index contributed by atoms with van der Waals surface area (Å²) < 4.78 is 5.67. The number of nitrogens with one attached hydrogen (secondary N) is 1. The highest BCUT2D eigenvalue weighted by Gasteiger charge is 2.26. The first-order chi connectivity index (χ1) is 13.0. The number of aliphatic hydroxyl groups excluding tert-OH is 1. The maximum atomic E-state index is 12.3. The summed E-state index contributed by atoms with van der Waals surface area (Å²) in [4.78, 5) is 29.6. The molecule has 0 spiro atoms. The van der Waals surface area contributed by atoms with Gasteiger partial charge in [-0.05, 0) is 49.6 Å². The van der Waals surface area contributed by atoms with Crippen molar-refractivity contribution in [1.82, 2.24) is 9.88 Å². The van der Waals surface area contributed by atoms with Gasteiger partial charge in [0.15, 0.2) is 0 Å². The number of aliphatic hydroxyl groups is 1. The van der Waals surface area contributed by atoms with E-state index in [0.717, 1.165) is 12.8 Å². The van der Waals surface area contributed by atoms with E-state index in [1.54, 1.807) is 42.7 Å². The molecule has 0 bridgehead atoms. The fraction of sp³-hybridized carbons (Fsp3) is 0.316. The number of aromatic nitrogens is 1. The van der Waals surface area contributed by atoms with Gasteiger partial charge in [0.1, 0.15) is 17.6 Å². The van der Waals surface area contributed by atoms with Gasteiger partial charge < -0.3 is 20.1 Å². The average molecular weight is 390 g/mol. The molecule has 27 heavy (non-hydrogen) atoms. The van der Waals surface area contributed by atoms with Crippen molar-refractivity contribution < 1.29 is 19.4 Å². The molecule has 2 aromatic rings. The van der Waals surface area contributed by atoms with Crippen molar-refractivity contribution in [1.29, 1.82) is 0 Å². The molecule has 0 aliphatic carbocycles. The van der Waals surface area contributed by atoms with Crippen LogP contribution in [0, 0.1) is 0 Å². The van der Waals surface area contributed by atoms with E-state index in [0.29, 0.717) is 35.2 Å². The Morgan fingerprint density at radius 3 is 2.81 bits per heavy atom. The zero-order valence-corrected chi connectivity index (χ0v) is 15.4. The number of hydrogen-bond acceptors (Lipinski definition) is 5. The van der Waals surface area contributed by atoms with Crippen molar-refractivity contribution in [3.05, 3.63) is 47.7 Å². The molecule has 142 valence electrons. The molecular weight excluding hydrogens is 370 g/mol. The van der Waals surface area contributed by atoms with Gasteiger partial charge in [0.05, 0.1) is 11.6 Å². The summed E-state index contributed by atoms with van der Waals surface area (Å²) in [5, 5.41) is 12.8. The van der Waals surface area contributed by atoms with Crippen LogP contribution < -0.4 is 10.1 Å². The first-order valence-corrected chi connectivity index (χ1v) is 9.05. The third-order valence-electron chi connectivity index (χ3n) is 4.18. The first kappa shape index (κ1) is 19.1. The molecule has 8 heteroatoms. The van der Waals surface area contributed by atoms with Crippen molar-refractivity contribution in [2.45, 2.75) is 25.4 Å². The molecule has 1 unspecified atom stereocenters. The Kier molecular flexibility index (Phi) is 6.26. The van der Waals surface area contributed by atoms with Crippen molar-refractivity contribution in [2.24, 2.45) is 0 Å². The summed E-state index contributed by atoms with van der Waals surface area (Å²) in [6, 6.07) is 8.31. The van der Waals surface area contributed by atoms with E-state index in [9.17, 15) is 14.7 Å². The van der Waals surface area contributed by atoms with Gasteiger partial charge in [-0.3, -0.25) is 14.6 Å². The molecule has 1 aromatic heterocycles. The summed E-state index contributed by atoms with van der Waals surface area (Å²) in [5.41, 5.74) is 0.495. The summed E-state index contributed by atoms with van der Waals surface area (Å²) >= 11 is 6.23. The Morgan fingerprint density at radius 2 is 2.07 bits per heavy atom. The number of nitrogens with zero attached hydrogens (tertiary/aromatic N) is 2. The smallest absolute Gasteiger partial charge is 0.251 e. The van der Waals surface area contributed by atoms with Crippen LogP contribution in [0.2, 0.25) is 5.02 Å². The Morgan fingerprint density at radius 1 is 1.30 bits per heavy atom. The average Bonchev–Trinajstić information content (AvgIpc) is 2.80. The highest BCUT2D eigenvalue weighted by Crippen LogP contribution is 2.31. The molecule has 1 atom stereocenters. The monoisotopic (exact) mass is 389 g/mol. The van der Waals surface area contributed by atoms with Crippen LogP contribution in [0.4, 0.5) is 5.69 Å². The molecule has 3 rings (SSSR count). The third-order valence-corrected chi connectivity index (χ3v) is 4.48. The van der Waals surface area contributed by atoms with Crippen LogP contribution in [0.3, 0.4) is 0 Å². The minimum absolute atomic E-state index is 0.108. The number of ether oxygens (including phenoxy) is 1. The highest BCUT2D eigenvalue weighted by molar-refractivity contribution is 6.32. The minimum atomic E-state index is -1.03. The number of halogens is 1. The maximum absolute atomic E-state index is 12.3. The zero-order chi connectivity index (χ0) is 19.2. The molecule has 7 nitrogen and oxygen atoms in total. The molecule has 1 saturated heterocycles. The second-order valence-corrected chi connectivity index (χ2v) is 6.66. The van der Waals surface area contributed by atoms with E-state index in [1.807, 2.05) is 0 Å². The number of amides is 2. The molecular formula is C19H20ClN3O4. The standard InChI is InChI=1S/C19H20ClN3O4/c20-15-11-13(4-5-17(15)27-14-6-8-21-9-7-14)22-18(25)12-23-10-2-1-3-16(24)19(23)26/h4-9,11,16,24H,1-3,10,12H2,(H,22,25). The third kappa shape index (κ3) is 5.18. The zero-order valence-electron chi connectivity index (χ0n) is 14.6. The molecule has 1 aromatic carbocycles. The summed E-state index contributed by atoms with van der Waals surface area (Å²) in [7, 11) is 0. The second kappa shape index (κ2) is 8.83. The predicted molar refractivity (Wildman–Crippen MR) is 101 cm³/mol. The number of pyridine rings is 1. The van der Waals surface area contributed by atoms with Crippen molar-refractivity contribution in [3.8, 4) is 11.5 Å². The fourth-order valence-corrected chi connectivity index (χ4v) is 3.03. The SMILES string of the molecule is O=C(CN1CCCCC(O)C1=O)Nc1ccc(Oc2ccncc2)c(Cl)c1. The van der Waals surface area contributed by atoms with E-state index in [2.05, 4.69) is 10.3 Å². The normalized spacial score (nSPS) is 17.3. The van der Waals surface area contributed by atoms with E-state index >= 15 is 0 Å². The number of carbonyl (C=O) groups excluding carboxylic acids is 2. The quantitative estimate of drug-likeness (QED) is 0.820. The van der Waals surface area contributed by atoms with Gasteiger partial charge in [-0.15, -0.1) is 0 Å². The van der Waals surface area contributed by atoms with Gasteiger partial charge in [-0.25, -0.2) is 0 Å². The number of benzene rings is 1. The van der Waals surface area contributed by atoms with Gasteiger partial charge in [0.2, 0.25) is 5.91 Å². The second-order valence-electron chi connectivity index (χ2n) is 6.25. The van der Waals surface area contributed by atoms with Crippen LogP contribution in [0.25, 0.3) is 0 Å². The van der Waals surface area contributed by atoms with Crippen LogP contribution >= 0.6 is 11.6 Å². The number of anilines is 1. The first-order valence-electron chi connectivity index (χ1n) is 8.67. The molecule has 2 amide bonds. The van der Waals surface area contributed by atoms with Gasteiger partial charge in [-0.1, -0.05) is 11.6 Å². The predicted octanol–water partition coefficient (Wildman–Crippen LogP) is 2.84. The lowest BCUT2D eigenvalue weighted by Crippen LogP contribution is -2.42. The van der Waals surface area contributed by atoms with Crippen molar-refractivity contribution in [3.63, 3.8) is 0 Å². The van der Waals surface area contributed by atoms with E-state index < -0.39 is 12.0 Å². The summed E-state index contributed by atoms with van der Waals surface area (Å²) in [6.45, 7) is 0.353. The lowest BCUT2D eigenvalue weighted by atomic mass is 10.2. The van der Waals surface area contributed by atoms with Gasteiger partial charge in [0.25, 0.3) is 5.91 Å². The van der Waals surface area contributed by atoms with Gasteiger partial charge >= 0.3 is 0 Å². The molecule has 1 fully saturated rings. The molecule has 2 N–H and O–H groups in total. The summed E-state index contributed by atoms with van der Waals surface area (Å²) in [6.07, 6.45) is 4.16. The van der Waals surface area contributed by atoms with Crippen LogP contribution in [0.15, 0.2) is 42.7 Å². The lowest BCUT2D eigenvalue weighted by molar-refractivity contribution is -0.141. The Hall–Kier alpha value is -2.64.